The van der Waals surface area contributed by atoms with E-state index in [4.69, 9.17) is 0 Å². The van der Waals surface area contributed by atoms with Crippen LogP contribution in [-0.4, -0.2) is 32.7 Å². The number of ether oxygens (including phenoxy) is 1. The molecule has 0 bridgehead atoms. The van der Waals surface area contributed by atoms with Gasteiger partial charge in [0.15, 0.2) is 0 Å². The Morgan fingerprint density at radius 1 is 1.07 bits per heavy atom. The number of hydrogen-bond donors (Lipinski definition) is 0. The SMILES string of the molecule is CC(C)CC(CF)OCC(F)F.FCF. The van der Waals surface area contributed by atoms with E-state index in [1.807, 2.05) is 13.8 Å². The molecule has 0 fully saturated rings. The van der Waals surface area contributed by atoms with E-state index in [0.29, 0.717) is 6.42 Å². The Balaban J connectivity index is 0. The van der Waals surface area contributed by atoms with Gasteiger partial charge in [-0.3, -0.25) is 0 Å². The Morgan fingerprint density at radius 3 is 1.80 bits per heavy atom. The summed E-state index contributed by atoms with van der Waals surface area (Å²) in [5.41, 5.74) is 0. The average Bonchev–Trinajstić information content (AvgIpc) is 2.12. The maximum atomic E-state index is 12.1. The maximum absolute atomic E-state index is 12.1. The average molecular weight is 236 g/mol. The van der Waals surface area contributed by atoms with Gasteiger partial charge in [-0.15, -0.1) is 0 Å². The van der Waals surface area contributed by atoms with Gasteiger partial charge in [0.1, 0.15) is 13.3 Å². The highest BCUT2D eigenvalue weighted by molar-refractivity contribution is 4.59. The van der Waals surface area contributed by atoms with Crippen molar-refractivity contribution < 1.29 is 26.7 Å². The number of hydrogen-bond acceptors (Lipinski definition) is 1. The summed E-state index contributed by atoms with van der Waals surface area (Å²) in [6.07, 6.45) is -2.69. The van der Waals surface area contributed by atoms with Gasteiger partial charge in [0.2, 0.25) is 6.93 Å². The van der Waals surface area contributed by atoms with Gasteiger partial charge in [0.05, 0.1) is 6.10 Å². The molecule has 0 rings (SSSR count). The summed E-state index contributed by atoms with van der Waals surface area (Å²) < 4.78 is 59.2. The van der Waals surface area contributed by atoms with Crippen LogP contribution in [0.25, 0.3) is 0 Å². The molecule has 0 spiro atoms. The van der Waals surface area contributed by atoms with Crippen LogP contribution in [0.2, 0.25) is 0 Å². The molecule has 0 heterocycles. The lowest BCUT2D eigenvalue weighted by molar-refractivity contribution is -0.0390. The lowest BCUT2D eigenvalue weighted by Crippen LogP contribution is -2.21. The number of halogens is 5. The molecule has 0 aliphatic heterocycles. The van der Waals surface area contributed by atoms with E-state index in [2.05, 4.69) is 4.74 Å². The van der Waals surface area contributed by atoms with E-state index in [1.54, 1.807) is 0 Å². The second-order valence-corrected chi connectivity index (χ2v) is 3.23. The highest BCUT2D eigenvalue weighted by Crippen LogP contribution is 2.09. The topological polar surface area (TPSA) is 9.23 Å². The Bertz CT molecular complexity index is 121. The molecule has 0 aromatic heterocycles. The van der Waals surface area contributed by atoms with Crippen molar-refractivity contribution in [1.82, 2.24) is 0 Å². The van der Waals surface area contributed by atoms with Crippen LogP contribution in [0.4, 0.5) is 22.0 Å². The van der Waals surface area contributed by atoms with Gasteiger partial charge in [0.25, 0.3) is 6.43 Å². The molecule has 0 amide bonds. The monoisotopic (exact) mass is 236 g/mol. The molecule has 1 atom stereocenters. The molecule has 0 saturated heterocycles. The van der Waals surface area contributed by atoms with E-state index >= 15 is 0 Å². The van der Waals surface area contributed by atoms with E-state index in [9.17, 15) is 22.0 Å². The van der Waals surface area contributed by atoms with Crippen molar-refractivity contribution in [2.45, 2.75) is 32.8 Å². The molecule has 6 heteroatoms. The van der Waals surface area contributed by atoms with Gasteiger partial charge in [-0.25, -0.2) is 22.0 Å². The van der Waals surface area contributed by atoms with Gasteiger partial charge < -0.3 is 4.74 Å². The fourth-order valence-corrected chi connectivity index (χ4v) is 0.910. The first-order chi connectivity index (χ1) is 6.97. The summed E-state index contributed by atoms with van der Waals surface area (Å²) in [6.45, 7) is 0.689. The quantitative estimate of drug-likeness (QED) is 0.641. The van der Waals surface area contributed by atoms with Gasteiger partial charge in [-0.05, 0) is 12.3 Å². The van der Waals surface area contributed by atoms with E-state index < -0.39 is 32.7 Å². The third kappa shape index (κ3) is 16.3. The van der Waals surface area contributed by atoms with Crippen molar-refractivity contribution in [3.8, 4) is 0 Å². The molecule has 0 radical (unpaired) electrons. The molecule has 15 heavy (non-hydrogen) atoms. The van der Waals surface area contributed by atoms with Gasteiger partial charge in [-0.1, -0.05) is 13.8 Å². The normalized spacial score (nSPS) is 12.6. The first kappa shape index (κ1) is 17.0. The summed E-state index contributed by atoms with van der Waals surface area (Å²) in [6, 6.07) is 0. The van der Waals surface area contributed by atoms with Crippen LogP contribution in [0, 0.1) is 5.92 Å². The summed E-state index contributed by atoms with van der Waals surface area (Å²) in [7, 11) is 0. The molecule has 0 aromatic rings. The lowest BCUT2D eigenvalue weighted by Gasteiger charge is -2.15. The summed E-state index contributed by atoms with van der Waals surface area (Å²) >= 11 is 0. The molecular weight excluding hydrogens is 219 g/mol. The third-order valence-electron chi connectivity index (χ3n) is 1.36. The minimum Gasteiger partial charge on any atom is -0.370 e. The van der Waals surface area contributed by atoms with Crippen molar-refractivity contribution >= 4 is 0 Å². The van der Waals surface area contributed by atoms with Crippen molar-refractivity contribution in [2.75, 3.05) is 20.2 Å². The summed E-state index contributed by atoms with van der Waals surface area (Å²) in [4.78, 5) is 0. The van der Waals surface area contributed by atoms with Crippen molar-refractivity contribution in [3.05, 3.63) is 0 Å². The zero-order valence-electron chi connectivity index (χ0n) is 8.86. The molecule has 0 saturated carbocycles. The lowest BCUT2D eigenvalue weighted by atomic mass is 10.1. The molecule has 0 N–H and O–H groups in total. The smallest absolute Gasteiger partial charge is 0.261 e. The minimum absolute atomic E-state index is 0.267. The van der Waals surface area contributed by atoms with Gasteiger partial charge in [-0.2, -0.15) is 0 Å². The second-order valence-electron chi connectivity index (χ2n) is 3.23. The second kappa shape index (κ2) is 11.7. The minimum atomic E-state index is -2.51. The molecule has 0 aliphatic carbocycles. The fraction of sp³-hybridized carbons (Fsp3) is 1.00. The molecular formula is C9H17F5O. The van der Waals surface area contributed by atoms with Crippen LogP contribution in [0.1, 0.15) is 20.3 Å². The van der Waals surface area contributed by atoms with Crippen LogP contribution in [-0.2, 0) is 4.74 Å². The fourth-order valence-electron chi connectivity index (χ4n) is 0.910. The van der Waals surface area contributed by atoms with Crippen molar-refractivity contribution in [1.29, 1.82) is 0 Å². The van der Waals surface area contributed by atoms with Crippen LogP contribution >= 0.6 is 0 Å². The highest BCUT2D eigenvalue weighted by Gasteiger charge is 2.13. The van der Waals surface area contributed by atoms with E-state index in [-0.39, 0.29) is 5.92 Å². The largest absolute Gasteiger partial charge is 0.370 e. The zero-order valence-corrected chi connectivity index (χ0v) is 8.86. The number of alkyl halides is 5. The Labute approximate surface area is 86.6 Å². The first-order valence-corrected chi connectivity index (χ1v) is 4.55. The van der Waals surface area contributed by atoms with Gasteiger partial charge in [0, 0.05) is 0 Å². The van der Waals surface area contributed by atoms with Gasteiger partial charge >= 0.3 is 0 Å². The van der Waals surface area contributed by atoms with Crippen molar-refractivity contribution in [3.63, 3.8) is 0 Å². The number of rotatable bonds is 6. The Morgan fingerprint density at radius 2 is 1.53 bits per heavy atom. The van der Waals surface area contributed by atoms with Crippen LogP contribution in [0.5, 0.6) is 0 Å². The molecule has 0 aromatic carbocycles. The standard InChI is InChI=1S/C8H15F3O.CH2F2/c1-6(2)3-7(4-9)12-5-8(10)11;2-1-3/h6-8H,3-5H2,1-2H3;1H2. The predicted octanol–water partition coefficient (Wildman–Crippen LogP) is 3.54. The van der Waals surface area contributed by atoms with Crippen molar-refractivity contribution in [2.24, 2.45) is 5.92 Å². The molecule has 1 unspecified atom stereocenters. The van der Waals surface area contributed by atoms with E-state index in [1.165, 1.54) is 0 Å². The van der Waals surface area contributed by atoms with Crippen LogP contribution in [0.3, 0.4) is 0 Å². The molecule has 0 aliphatic rings. The summed E-state index contributed by atoms with van der Waals surface area (Å²) in [5, 5.41) is 0. The maximum Gasteiger partial charge on any atom is 0.261 e. The Hall–Kier alpha value is -0.390. The predicted molar refractivity (Wildman–Crippen MR) is 48.3 cm³/mol. The van der Waals surface area contributed by atoms with Crippen LogP contribution < -0.4 is 0 Å². The van der Waals surface area contributed by atoms with Crippen LogP contribution in [0.15, 0.2) is 0 Å². The molecule has 1 nitrogen and oxygen atoms in total. The summed E-state index contributed by atoms with van der Waals surface area (Å²) in [5.74, 6) is 0.267. The highest BCUT2D eigenvalue weighted by atomic mass is 19.3. The third-order valence-corrected chi connectivity index (χ3v) is 1.36. The molecule has 94 valence electrons. The first-order valence-electron chi connectivity index (χ1n) is 4.55. The zero-order chi connectivity index (χ0) is 12.3. The Kier molecular flexibility index (Phi) is 13.3. The van der Waals surface area contributed by atoms with E-state index in [0.717, 1.165) is 0 Å².